The first-order valence-corrected chi connectivity index (χ1v) is 5.25. The molecule has 1 rings (SSSR count). The van der Waals surface area contributed by atoms with Gasteiger partial charge in [-0.25, -0.2) is 4.79 Å². The van der Waals surface area contributed by atoms with Gasteiger partial charge in [0, 0.05) is 13.6 Å². The molecular formula is C12H15NO4. The SMILES string of the molecule is C=CCCCN(C)C(=O)c1ccc(C(=O)O)o1. The summed E-state index contributed by atoms with van der Waals surface area (Å²) in [5.41, 5.74) is 0. The lowest BCUT2D eigenvalue weighted by Gasteiger charge is -2.14. The number of nitrogens with zero attached hydrogens (tertiary/aromatic N) is 1. The summed E-state index contributed by atoms with van der Waals surface area (Å²) in [5.74, 6) is -1.68. The van der Waals surface area contributed by atoms with Gasteiger partial charge >= 0.3 is 5.97 Å². The summed E-state index contributed by atoms with van der Waals surface area (Å²) in [6.07, 6.45) is 3.43. The van der Waals surface area contributed by atoms with E-state index < -0.39 is 5.97 Å². The Morgan fingerprint density at radius 3 is 2.65 bits per heavy atom. The predicted molar refractivity (Wildman–Crippen MR) is 62.1 cm³/mol. The van der Waals surface area contributed by atoms with Crippen LogP contribution in [0.4, 0.5) is 0 Å². The fourth-order valence-electron chi connectivity index (χ4n) is 1.33. The summed E-state index contributed by atoms with van der Waals surface area (Å²) in [5, 5.41) is 8.66. The van der Waals surface area contributed by atoms with E-state index in [1.807, 2.05) is 0 Å². The molecule has 5 heteroatoms. The van der Waals surface area contributed by atoms with Gasteiger partial charge in [0.2, 0.25) is 5.76 Å². The Labute approximate surface area is 99.3 Å². The highest BCUT2D eigenvalue weighted by Crippen LogP contribution is 2.10. The van der Waals surface area contributed by atoms with E-state index in [-0.39, 0.29) is 17.4 Å². The second-order valence-corrected chi connectivity index (χ2v) is 3.63. The second-order valence-electron chi connectivity index (χ2n) is 3.63. The van der Waals surface area contributed by atoms with Crippen molar-refractivity contribution in [2.45, 2.75) is 12.8 Å². The first-order chi connectivity index (χ1) is 8.06. The van der Waals surface area contributed by atoms with Gasteiger partial charge in [0.05, 0.1) is 0 Å². The van der Waals surface area contributed by atoms with E-state index >= 15 is 0 Å². The summed E-state index contributed by atoms with van der Waals surface area (Å²) >= 11 is 0. The highest BCUT2D eigenvalue weighted by atomic mass is 16.4. The van der Waals surface area contributed by atoms with Gasteiger partial charge in [-0.3, -0.25) is 4.79 Å². The van der Waals surface area contributed by atoms with E-state index in [4.69, 9.17) is 9.52 Å². The Morgan fingerprint density at radius 1 is 1.47 bits per heavy atom. The molecule has 0 atom stereocenters. The Kier molecular flexibility index (Phi) is 4.51. The number of carbonyl (C=O) groups is 2. The molecule has 0 spiro atoms. The zero-order valence-corrected chi connectivity index (χ0v) is 9.68. The molecule has 0 aliphatic carbocycles. The molecule has 17 heavy (non-hydrogen) atoms. The molecule has 1 aromatic rings. The number of hydrogen-bond donors (Lipinski definition) is 1. The van der Waals surface area contributed by atoms with Crippen LogP contribution in [-0.2, 0) is 0 Å². The quantitative estimate of drug-likeness (QED) is 0.607. The number of aromatic carboxylic acids is 1. The Balaban J connectivity index is 2.61. The van der Waals surface area contributed by atoms with Crippen LogP contribution in [0.1, 0.15) is 34.0 Å². The van der Waals surface area contributed by atoms with Gasteiger partial charge in [-0.2, -0.15) is 0 Å². The van der Waals surface area contributed by atoms with Crippen LogP contribution >= 0.6 is 0 Å². The van der Waals surface area contributed by atoms with Gasteiger partial charge in [-0.05, 0) is 25.0 Å². The van der Waals surface area contributed by atoms with Crippen LogP contribution in [0, 0.1) is 0 Å². The maximum absolute atomic E-state index is 11.8. The summed E-state index contributed by atoms with van der Waals surface area (Å²) in [6.45, 7) is 4.17. The lowest BCUT2D eigenvalue weighted by molar-refractivity contribution is 0.0653. The van der Waals surface area contributed by atoms with Crippen molar-refractivity contribution < 1.29 is 19.1 Å². The molecule has 0 aromatic carbocycles. The minimum absolute atomic E-state index is 0.0449. The van der Waals surface area contributed by atoms with Crippen molar-refractivity contribution >= 4 is 11.9 Å². The van der Waals surface area contributed by atoms with E-state index in [1.165, 1.54) is 17.0 Å². The van der Waals surface area contributed by atoms with Gasteiger partial charge in [0.1, 0.15) is 0 Å². The number of carboxylic acid groups (broad SMARTS) is 1. The average Bonchev–Trinajstić information content (AvgIpc) is 2.77. The topological polar surface area (TPSA) is 70.8 Å². The van der Waals surface area contributed by atoms with E-state index in [0.29, 0.717) is 6.54 Å². The van der Waals surface area contributed by atoms with Crippen molar-refractivity contribution in [3.05, 3.63) is 36.3 Å². The Hall–Kier alpha value is -2.04. The third kappa shape index (κ3) is 3.48. The highest BCUT2D eigenvalue weighted by Gasteiger charge is 2.17. The van der Waals surface area contributed by atoms with Gasteiger partial charge in [0.25, 0.3) is 5.91 Å². The minimum Gasteiger partial charge on any atom is -0.475 e. The smallest absolute Gasteiger partial charge is 0.371 e. The molecule has 0 aliphatic heterocycles. The predicted octanol–water partition coefficient (Wildman–Crippen LogP) is 2.02. The van der Waals surface area contributed by atoms with Crippen LogP contribution in [0.2, 0.25) is 0 Å². The second kappa shape index (κ2) is 5.89. The number of carboxylic acids is 1. The number of carbonyl (C=O) groups excluding carboxylic acids is 1. The molecule has 0 fully saturated rings. The first kappa shape index (κ1) is 13.0. The largest absolute Gasteiger partial charge is 0.475 e. The van der Waals surface area contributed by atoms with Crippen LogP contribution in [0.3, 0.4) is 0 Å². The van der Waals surface area contributed by atoms with E-state index in [2.05, 4.69) is 6.58 Å². The van der Waals surface area contributed by atoms with Crippen LogP contribution in [-0.4, -0.2) is 35.5 Å². The van der Waals surface area contributed by atoms with Crippen molar-refractivity contribution in [3.63, 3.8) is 0 Å². The Bertz CT molecular complexity index is 422. The fraction of sp³-hybridized carbons (Fsp3) is 0.333. The van der Waals surface area contributed by atoms with Crippen LogP contribution in [0.25, 0.3) is 0 Å². The van der Waals surface area contributed by atoms with Gasteiger partial charge in [0.15, 0.2) is 5.76 Å². The monoisotopic (exact) mass is 237 g/mol. The summed E-state index contributed by atoms with van der Waals surface area (Å²) < 4.78 is 4.92. The van der Waals surface area contributed by atoms with Crippen molar-refractivity contribution in [1.82, 2.24) is 4.90 Å². The van der Waals surface area contributed by atoms with Crippen LogP contribution < -0.4 is 0 Å². The standard InChI is InChI=1S/C12H15NO4/c1-3-4-5-8-13(2)11(14)9-6-7-10(17-9)12(15)16/h3,6-7H,1,4-5,8H2,2H3,(H,15,16). The van der Waals surface area contributed by atoms with Gasteiger partial charge < -0.3 is 14.4 Å². The molecule has 0 bridgehead atoms. The summed E-state index contributed by atoms with van der Waals surface area (Å²) in [7, 11) is 1.65. The number of amides is 1. The van der Waals surface area contributed by atoms with Crippen molar-refractivity contribution in [2.75, 3.05) is 13.6 Å². The van der Waals surface area contributed by atoms with E-state index in [1.54, 1.807) is 13.1 Å². The lowest BCUT2D eigenvalue weighted by Crippen LogP contribution is -2.27. The number of hydrogen-bond acceptors (Lipinski definition) is 3. The van der Waals surface area contributed by atoms with Gasteiger partial charge in [-0.15, -0.1) is 6.58 Å². The Morgan fingerprint density at radius 2 is 2.12 bits per heavy atom. The third-order valence-corrected chi connectivity index (χ3v) is 2.28. The maximum Gasteiger partial charge on any atom is 0.371 e. The molecule has 0 unspecified atom stereocenters. The van der Waals surface area contributed by atoms with Gasteiger partial charge in [-0.1, -0.05) is 6.08 Å². The van der Waals surface area contributed by atoms with Crippen LogP contribution in [0.5, 0.6) is 0 Å². The number of rotatable bonds is 6. The molecule has 92 valence electrons. The van der Waals surface area contributed by atoms with E-state index in [9.17, 15) is 9.59 Å². The zero-order chi connectivity index (χ0) is 12.8. The maximum atomic E-state index is 11.8. The molecule has 0 saturated heterocycles. The highest BCUT2D eigenvalue weighted by molar-refractivity contribution is 5.93. The molecule has 1 amide bonds. The zero-order valence-electron chi connectivity index (χ0n) is 9.68. The molecule has 5 nitrogen and oxygen atoms in total. The van der Waals surface area contributed by atoms with E-state index in [0.717, 1.165) is 12.8 Å². The first-order valence-electron chi connectivity index (χ1n) is 5.25. The summed E-state index contributed by atoms with van der Waals surface area (Å²) in [4.78, 5) is 23.9. The number of unbranched alkanes of at least 4 members (excludes halogenated alkanes) is 1. The molecule has 1 aromatic heterocycles. The van der Waals surface area contributed by atoms with Crippen molar-refractivity contribution in [2.24, 2.45) is 0 Å². The molecule has 1 heterocycles. The molecular weight excluding hydrogens is 222 g/mol. The molecule has 0 saturated carbocycles. The minimum atomic E-state index is -1.18. The van der Waals surface area contributed by atoms with Crippen molar-refractivity contribution in [3.8, 4) is 0 Å². The average molecular weight is 237 g/mol. The summed E-state index contributed by atoms with van der Waals surface area (Å²) in [6, 6.07) is 2.64. The third-order valence-electron chi connectivity index (χ3n) is 2.28. The normalized spacial score (nSPS) is 9.94. The number of furan rings is 1. The lowest BCUT2D eigenvalue weighted by atomic mass is 10.3. The molecule has 0 aliphatic rings. The van der Waals surface area contributed by atoms with Crippen LogP contribution in [0.15, 0.2) is 29.2 Å². The molecule has 0 radical (unpaired) electrons. The fourth-order valence-corrected chi connectivity index (χ4v) is 1.33. The molecule has 1 N–H and O–H groups in total. The van der Waals surface area contributed by atoms with Crippen molar-refractivity contribution in [1.29, 1.82) is 0 Å². The number of allylic oxidation sites excluding steroid dienone is 1.